The van der Waals surface area contributed by atoms with Crippen LogP contribution in [0.15, 0.2) is 24.3 Å². The fourth-order valence-electron chi connectivity index (χ4n) is 3.89. The Morgan fingerprint density at radius 3 is 2.48 bits per heavy atom. The number of benzene rings is 1. The Bertz CT molecular complexity index is 862. The lowest BCUT2D eigenvalue weighted by atomic mass is 9.92. The number of amides is 5. The Morgan fingerprint density at radius 2 is 1.81 bits per heavy atom. The van der Waals surface area contributed by atoms with Crippen LogP contribution < -0.4 is 10.6 Å². The normalized spacial score (nSPS) is 22.3. The van der Waals surface area contributed by atoms with Crippen LogP contribution in [0.25, 0.3) is 0 Å². The Morgan fingerprint density at radius 1 is 1.10 bits per heavy atom. The molecule has 2 N–H and O–H groups in total. The van der Waals surface area contributed by atoms with Crippen LogP contribution in [0.2, 0.25) is 0 Å². The molecule has 2 aliphatic rings. The smallest absolute Gasteiger partial charge is 0.325 e. The number of nitrogens with zero attached hydrogens (tertiary/aromatic N) is 3. The third kappa shape index (κ3) is 5.01. The highest BCUT2D eigenvalue weighted by Crippen LogP contribution is 2.29. The number of hydrogen-bond donors (Lipinski definition) is 2. The van der Waals surface area contributed by atoms with E-state index in [-0.39, 0.29) is 24.9 Å². The van der Waals surface area contributed by atoms with Crippen LogP contribution in [0.4, 0.5) is 9.18 Å². The lowest BCUT2D eigenvalue weighted by molar-refractivity contribution is -0.138. The van der Waals surface area contributed by atoms with Crippen LogP contribution in [-0.4, -0.2) is 84.3 Å². The minimum Gasteiger partial charge on any atom is -0.355 e. The first-order chi connectivity index (χ1) is 14.7. The highest BCUT2D eigenvalue weighted by Gasteiger charge is 2.49. The highest BCUT2D eigenvalue weighted by atomic mass is 19.1. The summed E-state index contributed by atoms with van der Waals surface area (Å²) in [6.07, 6.45) is 0.693. The van der Waals surface area contributed by atoms with E-state index >= 15 is 0 Å². The first-order valence-electron chi connectivity index (χ1n) is 10.4. The standard InChI is InChI=1S/C21H28FN5O4/c1-3-23-17(28)13-25-9-4-10-26(12-11-25)18(29)14-27-19(30)21(2,24-20(27)31)15-5-7-16(22)8-6-15/h5-8H,3-4,9-14H2,1-2H3,(H,23,28)(H,24,31). The zero-order chi connectivity index (χ0) is 22.6. The Labute approximate surface area is 180 Å². The van der Waals surface area contributed by atoms with Crippen molar-refractivity contribution in [3.05, 3.63) is 35.6 Å². The third-order valence-electron chi connectivity index (χ3n) is 5.67. The zero-order valence-corrected chi connectivity index (χ0v) is 17.8. The number of likely N-dealkylation sites (N-methyl/N-ethyl adjacent to an activating group) is 1. The number of urea groups is 1. The maximum atomic E-state index is 13.2. The fourth-order valence-corrected chi connectivity index (χ4v) is 3.89. The summed E-state index contributed by atoms with van der Waals surface area (Å²) < 4.78 is 13.2. The molecule has 0 aliphatic carbocycles. The number of rotatable bonds is 6. The molecule has 1 aromatic rings. The van der Waals surface area contributed by atoms with Crippen LogP contribution >= 0.6 is 0 Å². The molecule has 9 nitrogen and oxygen atoms in total. The van der Waals surface area contributed by atoms with E-state index in [1.165, 1.54) is 31.2 Å². The van der Waals surface area contributed by atoms with Crippen molar-refractivity contribution in [1.82, 2.24) is 25.3 Å². The van der Waals surface area contributed by atoms with E-state index in [1.54, 1.807) is 4.90 Å². The van der Waals surface area contributed by atoms with Gasteiger partial charge in [-0.3, -0.25) is 24.2 Å². The molecular weight excluding hydrogens is 405 g/mol. The lowest BCUT2D eigenvalue weighted by Gasteiger charge is -2.24. The molecule has 3 rings (SSSR count). The van der Waals surface area contributed by atoms with E-state index in [2.05, 4.69) is 10.6 Å². The molecular formula is C21H28FN5O4. The summed E-state index contributed by atoms with van der Waals surface area (Å²) in [7, 11) is 0. The van der Waals surface area contributed by atoms with Crippen molar-refractivity contribution in [1.29, 1.82) is 0 Å². The van der Waals surface area contributed by atoms with Crippen molar-refractivity contribution in [2.75, 3.05) is 45.8 Å². The van der Waals surface area contributed by atoms with Gasteiger partial charge in [0, 0.05) is 32.7 Å². The summed E-state index contributed by atoms with van der Waals surface area (Å²) >= 11 is 0. The second-order valence-corrected chi connectivity index (χ2v) is 7.92. The Kier molecular flexibility index (Phi) is 6.89. The highest BCUT2D eigenvalue weighted by molar-refractivity contribution is 6.09. The molecule has 31 heavy (non-hydrogen) atoms. The van der Waals surface area contributed by atoms with E-state index in [0.717, 1.165) is 4.90 Å². The second kappa shape index (κ2) is 9.42. The van der Waals surface area contributed by atoms with Gasteiger partial charge in [0.1, 0.15) is 17.9 Å². The monoisotopic (exact) mass is 433 g/mol. The van der Waals surface area contributed by atoms with E-state index in [4.69, 9.17) is 0 Å². The first-order valence-corrected chi connectivity index (χ1v) is 10.4. The predicted molar refractivity (Wildman–Crippen MR) is 110 cm³/mol. The van der Waals surface area contributed by atoms with Crippen LogP contribution in [-0.2, 0) is 19.9 Å². The van der Waals surface area contributed by atoms with Gasteiger partial charge in [0.15, 0.2) is 0 Å². The molecule has 0 aromatic heterocycles. The molecule has 2 saturated heterocycles. The SMILES string of the molecule is CCNC(=O)CN1CCCN(C(=O)CN2C(=O)NC(C)(c3ccc(F)cc3)C2=O)CC1. The topological polar surface area (TPSA) is 102 Å². The molecule has 2 fully saturated rings. The van der Waals surface area contributed by atoms with Crippen LogP contribution in [0.5, 0.6) is 0 Å². The van der Waals surface area contributed by atoms with E-state index in [9.17, 15) is 23.6 Å². The lowest BCUT2D eigenvalue weighted by Crippen LogP contribution is -2.45. The van der Waals surface area contributed by atoms with Gasteiger partial charge in [-0.05, 0) is 38.0 Å². The van der Waals surface area contributed by atoms with Gasteiger partial charge >= 0.3 is 6.03 Å². The van der Waals surface area contributed by atoms with Crippen molar-refractivity contribution < 1.29 is 23.6 Å². The molecule has 5 amide bonds. The molecule has 2 aliphatic heterocycles. The summed E-state index contributed by atoms with van der Waals surface area (Å²) in [5, 5.41) is 5.38. The Balaban J connectivity index is 1.61. The van der Waals surface area contributed by atoms with Crippen LogP contribution in [0.1, 0.15) is 25.8 Å². The van der Waals surface area contributed by atoms with Gasteiger partial charge in [0.05, 0.1) is 6.54 Å². The van der Waals surface area contributed by atoms with Crippen LogP contribution in [0, 0.1) is 5.82 Å². The molecule has 0 saturated carbocycles. The molecule has 168 valence electrons. The molecule has 0 bridgehead atoms. The van der Waals surface area contributed by atoms with Gasteiger partial charge in [-0.15, -0.1) is 0 Å². The average molecular weight is 433 g/mol. The van der Waals surface area contributed by atoms with E-state index < -0.39 is 23.3 Å². The minimum absolute atomic E-state index is 0.0540. The van der Waals surface area contributed by atoms with Crippen molar-refractivity contribution >= 4 is 23.8 Å². The molecule has 1 atom stereocenters. The third-order valence-corrected chi connectivity index (χ3v) is 5.67. The van der Waals surface area contributed by atoms with Gasteiger partial charge in [-0.25, -0.2) is 9.18 Å². The van der Waals surface area contributed by atoms with Gasteiger partial charge in [-0.1, -0.05) is 12.1 Å². The summed E-state index contributed by atoms with van der Waals surface area (Å²) in [4.78, 5) is 54.6. The molecule has 1 aromatic carbocycles. The summed E-state index contributed by atoms with van der Waals surface area (Å²) in [5.74, 6) is -1.38. The number of carbonyl (C=O) groups is 4. The molecule has 2 heterocycles. The maximum absolute atomic E-state index is 13.2. The summed E-state index contributed by atoms with van der Waals surface area (Å²) in [5.41, 5.74) is -0.911. The quantitative estimate of drug-likeness (QED) is 0.627. The minimum atomic E-state index is -1.35. The number of imide groups is 1. The fraction of sp³-hybridized carbons (Fsp3) is 0.524. The van der Waals surface area contributed by atoms with Crippen molar-refractivity contribution in [3.63, 3.8) is 0 Å². The molecule has 0 radical (unpaired) electrons. The number of carbonyl (C=O) groups excluding carboxylic acids is 4. The summed E-state index contributed by atoms with van der Waals surface area (Å²) in [6, 6.07) is 4.67. The zero-order valence-electron chi connectivity index (χ0n) is 17.8. The summed E-state index contributed by atoms with van der Waals surface area (Å²) in [6.45, 7) is 6.01. The average Bonchev–Trinajstić information content (AvgIpc) is 2.89. The predicted octanol–water partition coefficient (Wildman–Crippen LogP) is 0.263. The largest absolute Gasteiger partial charge is 0.355 e. The number of nitrogens with one attached hydrogen (secondary N) is 2. The van der Waals surface area contributed by atoms with E-state index in [0.29, 0.717) is 44.7 Å². The second-order valence-electron chi connectivity index (χ2n) is 7.92. The maximum Gasteiger partial charge on any atom is 0.325 e. The molecule has 10 heteroatoms. The van der Waals surface area contributed by atoms with Gasteiger partial charge in [0.25, 0.3) is 5.91 Å². The van der Waals surface area contributed by atoms with Gasteiger partial charge in [0.2, 0.25) is 11.8 Å². The van der Waals surface area contributed by atoms with Crippen molar-refractivity contribution in [3.8, 4) is 0 Å². The van der Waals surface area contributed by atoms with E-state index in [1.807, 2.05) is 11.8 Å². The first kappa shape index (κ1) is 22.7. The van der Waals surface area contributed by atoms with Gasteiger partial charge in [-0.2, -0.15) is 0 Å². The van der Waals surface area contributed by atoms with Crippen molar-refractivity contribution in [2.24, 2.45) is 0 Å². The van der Waals surface area contributed by atoms with Gasteiger partial charge < -0.3 is 15.5 Å². The van der Waals surface area contributed by atoms with Crippen molar-refractivity contribution in [2.45, 2.75) is 25.8 Å². The molecule has 1 unspecified atom stereocenters. The molecule has 0 spiro atoms. The number of halogens is 1. The number of hydrogen-bond acceptors (Lipinski definition) is 5. The Hall–Kier alpha value is -3.01. The van der Waals surface area contributed by atoms with Crippen LogP contribution in [0.3, 0.4) is 0 Å².